The minimum atomic E-state index is -0.342. The number of imide groups is 1. The number of hydrogen-bond donors (Lipinski definition) is 0. The van der Waals surface area contributed by atoms with Crippen molar-refractivity contribution in [2.75, 3.05) is 0 Å². The molecule has 0 atom stereocenters. The minimum absolute atomic E-state index is 0.159. The average molecular weight is 255 g/mol. The van der Waals surface area contributed by atoms with Gasteiger partial charge in [-0.15, -0.1) is 0 Å². The fraction of sp³-hybridized carbons (Fsp3) is 0.0667. The highest BCUT2D eigenvalue weighted by atomic mass is 19.1. The number of benzene rings is 2. The van der Waals surface area contributed by atoms with Gasteiger partial charge in [0.15, 0.2) is 0 Å². The van der Waals surface area contributed by atoms with E-state index in [2.05, 4.69) is 0 Å². The van der Waals surface area contributed by atoms with Crippen LogP contribution in [0.5, 0.6) is 0 Å². The summed E-state index contributed by atoms with van der Waals surface area (Å²) in [6, 6.07) is 12.5. The molecule has 0 fully saturated rings. The molecule has 2 aromatic carbocycles. The number of halogens is 1. The Morgan fingerprint density at radius 1 is 0.842 bits per heavy atom. The van der Waals surface area contributed by atoms with E-state index in [1.54, 1.807) is 36.4 Å². The molecule has 0 saturated heterocycles. The second-order valence-corrected chi connectivity index (χ2v) is 4.37. The lowest BCUT2D eigenvalue weighted by molar-refractivity contribution is 0.0642. The smallest absolute Gasteiger partial charge is 0.261 e. The van der Waals surface area contributed by atoms with Gasteiger partial charge >= 0.3 is 0 Å². The van der Waals surface area contributed by atoms with E-state index in [-0.39, 0.29) is 24.2 Å². The average Bonchev–Trinajstić information content (AvgIpc) is 2.67. The molecule has 0 aromatic heterocycles. The summed E-state index contributed by atoms with van der Waals surface area (Å²) in [5, 5.41) is 0. The maximum atomic E-state index is 12.8. The topological polar surface area (TPSA) is 37.4 Å². The Hall–Kier alpha value is -2.49. The van der Waals surface area contributed by atoms with Gasteiger partial charge in [0, 0.05) is 0 Å². The SMILES string of the molecule is O=C1c2ccccc2C(=O)N1Cc1ccc(F)cc1. The molecule has 1 aliphatic heterocycles. The first-order valence-corrected chi connectivity index (χ1v) is 5.86. The molecule has 2 aromatic rings. The standard InChI is InChI=1S/C15H10FNO2/c16-11-7-5-10(6-8-11)9-17-14(18)12-3-1-2-4-13(12)15(17)19/h1-8H,9H2. The van der Waals surface area contributed by atoms with Gasteiger partial charge in [0.05, 0.1) is 17.7 Å². The van der Waals surface area contributed by atoms with Gasteiger partial charge in [-0.3, -0.25) is 14.5 Å². The third kappa shape index (κ3) is 1.91. The van der Waals surface area contributed by atoms with Crippen LogP contribution in [0.1, 0.15) is 26.3 Å². The second kappa shape index (κ2) is 4.31. The summed E-state index contributed by atoms with van der Waals surface area (Å²) in [5.74, 6) is -0.944. The van der Waals surface area contributed by atoms with E-state index in [1.807, 2.05) is 0 Å². The highest BCUT2D eigenvalue weighted by Crippen LogP contribution is 2.24. The van der Waals surface area contributed by atoms with Crippen molar-refractivity contribution >= 4 is 11.8 Å². The predicted octanol–water partition coefficient (Wildman–Crippen LogP) is 2.62. The van der Waals surface area contributed by atoms with Crippen LogP contribution >= 0.6 is 0 Å². The van der Waals surface area contributed by atoms with Crippen LogP contribution in [0.25, 0.3) is 0 Å². The van der Waals surface area contributed by atoms with Crippen molar-refractivity contribution in [2.45, 2.75) is 6.54 Å². The molecule has 0 saturated carbocycles. The van der Waals surface area contributed by atoms with Crippen LogP contribution in [0.3, 0.4) is 0 Å². The summed E-state index contributed by atoms with van der Waals surface area (Å²) in [6.45, 7) is 0.159. The summed E-state index contributed by atoms with van der Waals surface area (Å²) in [4.78, 5) is 25.4. The van der Waals surface area contributed by atoms with Crippen molar-refractivity contribution < 1.29 is 14.0 Å². The molecule has 2 amide bonds. The van der Waals surface area contributed by atoms with Gasteiger partial charge in [0.25, 0.3) is 11.8 Å². The first-order chi connectivity index (χ1) is 9.16. The number of hydrogen-bond acceptors (Lipinski definition) is 2. The number of amides is 2. The number of fused-ring (bicyclic) bond motifs is 1. The minimum Gasteiger partial charge on any atom is -0.270 e. The molecule has 3 rings (SSSR count). The van der Waals surface area contributed by atoms with Gasteiger partial charge < -0.3 is 0 Å². The Morgan fingerprint density at radius 2 is 1.37 bits per heavy atom. The molecule has 1 heterocycles. The van der Waals surface area contributed by atoms with Gasteiger partial charge in [-0.2, -0.15) is 0 Å². The fourth-order valence-electron chi connectivity index (χ4n) is 2.16. The summed E-state index contributed by atoms with van der Waals surface area (Å²) in [7, 11) is 0. The lowest BCUT2D eigenvalue weighted by Crippen LogP contribution is -2.29. The van der Waals surface area contributed by atoms with Gasteiger partial charge in [0.2, 0.25) is 0 Å². The zero-order valence-electron chi connectivity index (χ0n) is 9.97. The normalized spacial score (nSPS) is 13.8. The Morgan fingerprint density at radius 3 is 1.89 bits per heavy atom. The molecule has 4 heteroatoms. The van der Waals surface area contributed by atoms with Crippen molar-refractivity contribution in [1.82, 2.24) is 4.90 Å². The largest absolute Gasteiger partial charge is 0.270 e. The predicted molar refractivity (Wildman–Crippen MR) is 67.0 cm³/mol. The highest BCUT2D eigenvalue weighted by molar-refractivity contribution is 6.21. The van der Waals surface area contributed by atoms with E-state index in [9.17, 15) is 14.0 Å². The Kier molecular flexibility index (Phi) is 2.63. The Bertz CT molecular complexity index is 629. The molecule has 0 aliphatic carbocycles. The first-order valence-electron chi connectivity index (χ1n) is 5.86. The van der Waals surface area contributed by atoms with Crippen molar-refractivity contribution in [3.63, 3.8) is 0 Å². The summed E-state index contributed by atoms with van der Waals surface area (Å²) >= 11 is 0. The van der Waals surface area contributed by atoms with Crippen molar-refractivity contribution in [3.8, 4) is 0 Å². The molecular weight excluding hydrogens is 245 g/mol. The van der Waals surface area contributed by atoms with E-state index < -0.39 is 0 Å². The molecule has 19 heavy (non-hydrogen) atoms. The van der Waals surface area contributed by atoms with Crippen LogP contribution in [0.2, 0.25) is 0 Å². The fourth-order valence-corrected chi connectivity index (χ4v) is 2.16. The Labute approximate surface area is 109 Å². The maximum absolute atomic E-state index is 12.8. The number of nitrogens with zero attached hydrogens (tertiary/aromatic N) is 1. The number of carbonyl (C=O) groups is 2. The first kappa shape index (κ1) is 11.6. The number of rotatable bonds is 2. The molecule has 3 nitrogen and oxygen atoms in total. The third-order valence-electron chi connectivity index (χ3n) is 3.13. The summed E-state index contributed by atoms with van der Waals surface area (Å²) < 4.78 is 12.8. The van der Waals surface area contributed by atoms with Crippen LogP contribution in [0.15, 0.2) is 48.5 Å². The maximum Gasteiger partial charge on any atom is 0.261 e. The van der Waals surface area contributed by atoms with Crippen LogP contribution in [0.4, 0.5) is 4.39 Å². The molecule has 0 bridgehead atoms. The summed E-state index contributed by atoms with van der Waals surface area (Å²) in [5.41, 5.74) is 1.57. The second-order valence-electron chi connectivity index (χ2n) is 4.37. The van der Waals surface area contributed by atoms with Crippen LogP contribution in [-0.2, 0) is 6.54 Å². The molecular formula is C15H10FNO2. The lowest BCUT2D eigenvalue weighted by Gasteiger charge is -2.13. The number of carbonyl (C=O) groups excluding carboxylic acids is 2. The van der Waals surface area contributed by atoms with Gasteiger partial charge in [0.1, 0.15) is 5.82 Å². The summed E-state index contributed by atoms with van der Waals surface area (Å²) in [6.07, 6.45) is 0. The van der Waals surface area contributed by atoms with Crippen LogP contribution < -0.4 is 0 Å². The van der Waals surface area contributed by atoms with Crippen molar-refractivity contribution in [2.24, 2.45) is 0 Å². The van der Waals surface area contributed by atoms with Crippen molar-refractivity contribution in [3.05, 3.63) is 71.0 Å². The van der Waals surface area contributed by atoms with Crippen LogP contribution in [0, 0.1) is 5.82 Å². The van der Waals surface area contributed by atoms with Crippen LogP contribution in [-0.4, -0.2) is 16.7 Å². The third-order valence-corrected chi connectivity index (χ3v) is 3.13. The zero-order valence-corrected chi connectivity index (χ0v) is 9.97. The van der Waals surface area contributed by atoms with E-state index >= 15 is 0 Å². The molecule has 94 valence electrons. The van der Waals surface area contributed by atoms with Gasteiger partial charge in [-0.05, 0) is 29.8 Å². The quantitative estimate of drug-likeness (QED) is 0.773. The van der Waals surface area contributed by atoms with E-state index in [1.165, 1.54) is 17.0 Å². The van der Waals surface area contributed by atoms with Crippen molar-refractivity contribution in [1.29, 1.82) is 0 Å². The molecule has 1 aliphatic rings. The lowest BCUT2D eigenvalue weighted by atomic mass is 10.1. The zero-order chi connectivity index (χ0) is 13.4. The van der Waals surface area contributed by atoms with E-state index in [4.69, 9.17) is 0 Å². The van der Waals surface area contributed by atoms with E-state index in [0.717, 1.165) is 5.56 Å². The van der Waals surface area contributed by atoms with E-state index in [0.29, 0.717) is 11.1 Å². The highest BCUT2D eigenvalue weighted by Gasteiger charge is 2.34. The molecule has 0 N–H and O–H groups in total. The molecule has 0 radical (unpaired) electrons. The molecule has 0 unspecified atom stereocenters. The monoisotopic (exact) mass is 255 g/mol. The van der Waals surface area contributed by atoms with Gasteiger partial charge in [-0.25, -0.2) is 4.39 Å². The van der Waals surface area contributed by atoms with Gasteiger partial charge in [-0.1, -0.05) is 24.3 Å². The molecule has 0 spiro atoms. The Balaban J connectivity index is 1.90.